The summed E-state index contributed by atoms with van der Waals surface area (Å²) in [6.45, 7) is 5.43. The molecule has 4 rings (SSSR count). The molecule has 1 atom stereocenters. The van der Waals surface area contributed by atoms with Crippen molar-refractivity contribution >= 4 is 34.5 Å². The maximum atomic E-state index is 13.1. The second-order valence-electron chi connectivity index (χ2n) is 8.18. The van der Waals surface area contributed by atoms with Gasteiger partial charge < -0.3 is 20.3 Å². The summed E-state index contributed by atoms with van der Waals surface area (Å²) in [5.41, 5.74) is 2.16. The van der Waals surface area contributed by atoms with Gasteiger partial charge in [-0.15, -0.1) is 11.3 Å². The summed E-state index contributed by atoms with van der Waals surface area (Å²) < 4.78 is 5.63. The van der Waals surface area contributed by atoms with Crippen LogP contribution in [0.4, 0.5) is 11.4 Å². The van der Waals surface area contributed by atoms with Gasteiger partial charge in [0.1, 0.15) is 0 Å². The minimum atomic E-state index is -0.157. The Bertz CT molecular complexity index is 870. The van der Waals surface area contributed by atoms with Crippen LogP contribution in [0.1, 0.15) is 52.6 Å². The summed E-state index contributed by atoms with van der Waals surface area (Å²) >= 11 is 1.40. The van der Waals surface area contributed by atoms with Gasteiger partial charge in [-0.25, -0.2) is 0 Å². The Morgan fingerprint density at radius 2 is 2.00 bits per heavy atom. The van der Waals surface area contributed by atoms with Crippen LogP contribution in [-0.2, 0) is 4.74 Å². The summed E-state index contributed by atoms with van der Waals surface area (Å²) in [5.74, 6) is 0.434. The lowest BCUT2D eigenvalue weighted by molar-refractivity contribution is 0.0858. The van der Waals surface area contributed by atoms with Gasteiger partial charge in [-0.1, -0.05) is 13.0 Å². The lowest BCUT2D eigenvalue weighted by Gasteiger charge is -2.33. The van der Waals surface area contributed by atoms with Gasteiger partial charge in [-0.05, 0) is 61.2 Å². The zero-order valence-corrected chi connectivity index (χ0v) is 18.2. The van der Waals surface area contributed by atoms with Crippen LogP contribution >= 0.6 is 11.3 Å². The van der Waals surface area contributed by atoms with Crippen molar-refractivity contribution < 1.29 is 14.3 Å². The van der Waals surface area contributed by atoms with Crippen LogP contribution in [0.5, 0.6) is 0 Å². The number of ether oxygens (including phenoxy) is 1. The molecule has 2 aliphatic heterocycles. The molecular formula is C23H29N3O3S. The number of rotatable bonds is 6. The van der Waals surface area contributed by atoms with Gasteiger partial charge in [-0.3, -0.25) is 9.59 Å². The van der Waals surface area contributed by atoms with Crippen LogP contribution in [0.25, 0.3) is 0 Å². The van der Waals surface area contributed by atoms with Gasteiger partial charge in [-0.2, -0.15) is 0 Å². The quantitative estimate of drug-likeness (QED) is 0.727. The molecule has 0 saturated carbocycles. The van der Waals surface area contributed by atoms with Crippen LogP contribution in [0.15, 0.2) is 35.7 Å². The minimum Gasteiger partial charge on any atom is -0.376 e. The highest BCUT2D eigenvalue weighted by atomic mass is 32.1. The van der Waals surface area contributed by atoms with E-state index in [9.17, 15) is 9.59 Å². The van der Waals surface area contributed by atoms with Gasteiger partial charge in [0.05, 0.1) is 16.5 Å². The van der Waals surface area contributed by atoms with Crippen molar-refractivity contribution in [3.63, 3.8) is 0 Å². The Hall–Kier alpha value is -2.38. The number of amides is 2. The molecule has 3 heterocycles. The average molecular weight is 428 g/mol. The topological polar surface area (TPSA) is 70.7 Å². The lowest BCUT2D eigenvalue weighted by Crippen LogP contribution is -2.36. The van der Waals surface area contributed by atoms with Crippen LogP contribution in [-0.4, -0.2) is 44.2 Å². The SMILES string of the molecule is CC1CCN(c2ccc(NC(=O)c3cccs3)cc2C(=O)NC[C@H]2CCCO2)CC1. The lowest BCUT2D eigenvalue weighted by atomic mass is 9.97. The summed E-state index contributed by atoms with van der Waals surface area (Å²) in [6, 6.07) is 9.28. The summed E-state index contributed by atoms with van der Waals surface area (Å²) in [4.78, 5) is 28.5. The Balaban J connectivity index is 1.53. The molecule has 2 N–H and O–H groups in total. The number of hydrogen-bond acceptors (Lipinski definition) is 5. The molecule has 1 aromatic heterocycles. The van der Waals surface area contributed by atoms with Gasteiger partial charge in [0.25, 0.3) is 11.8 Å². The fourth-order valence-electron chi connectivity index (χ4n) is 4.03. The first-order valence-corrected chi connectivity index (χ1v) is 11.6. The van der Waals surface area contributed by atoms with Crippen molar-refractivity contribution in [2.75, 3.05) is 36.5 Å². The molecule has 0 bridgehead atoms. The van der Waals surface area contributed by atoms with Crippen molar-refractivity contribution in [3.05, 3.63) is 46.2 Å². The van der Waals surface area contributed by atoms with Crippen LogP contribution in [0.3, 0.4) is 0 Å². The molecule has 0 aliphatic carbocycles. The Morgan fingerprint density at radius 1 is 1.17 bits per heavy atom. The van der Waals surface area contributed by atoms with Crippen molar-refractivity contribution in [2.45, 2.75) is 38.7 Å². The second kappa shape index (κ2) is 9.62. The standard InChI is InChI=1S/C23H29N3O3S/c1-16-8-10-26(11-9-16)20-7-6-17(25-23(28)21-5-3-13-30-21)14-19(20)22(27)24-15-18-4-2-12-29-18/h3,5-7,13-14,16,18H,2,4,8-12,15H2,1H3,(H,24,27)(H,25,28)/t18-/m1/s1. The molecule has 2 aliphatic rings. The molecule has 2 aromatic rings. The summed E-state index contributed by atoms with van der Waals surface area (Å²) in [7, 11) is 0. The van der Waals surface area contributed by atoms with Crippen LogP contribution < -0.4 is 15.5 Å². The van der Waals surface area contributed by atoms with E-state index in [0.717, 1.165) is 51.1 Å². The molecular weight excluding hydrogens is 398 g/mol. The molecule has 0 radical (unpaired) electrons. The first-order valence-electron chi connectivity index (χ1n) is 10.7. The number of anilines is 2. The minimum absolute atomic E-state index is 0.0925. The van der Waals surface area contributed by atoms with E-state index >= 15 is 0 Å². The van der Waals surface area contributed by atoms with Gasteiger partial charge in [0.2, 0.25) is 0 Å². The third-order valence-corrected chi connectivity index (χ3v) is 6.75. The predicted octanol–water partition coefficient (Wildman–Crippen LogP) is 4.15. The number of hydrogen-bond donors (Lipinski definition) is 2. The van der Waals surface area contributed by atoms with Crippen LogP contribution in [0, 0.1) is 5.92 Å². The predicted molar refractivity (Wildman–Crippen MR) is 121 cm³/mol. The number of piperidine rings is 1. The van der Waals surface area contributed by atoms with Gasteiger partial charge in [0, 0.05) is 37.6 Å². The molecule has 6 nitrogen and oxygen atoms in total. The van der Waals surface area contributed by atoms with E-state index in [0.29, 0.717) is 28.6 Å². The highest BCUT2D eigenvalue weighted by molar-refractivity contribution is 7.12. The van der Waals surface area contributed by atoms with E-state index in [-0.39, 0.29) is 17.9 Å². The number of nitrogens with zero attached hydrogens (tertiary/aromatic N) is 1. The largest absolute Gasteiger partial charge is 0.376 e. The zero-order chi connectivity index (χ0) is 20.9. The van der Waals surface area contributed by atoms with E-state index < -0.39 is 0 Å². The van der Waals surface area contributed by atoms with E-state index in [1.165, 1.54) is 11.3 Å². The zero-order valence-electron chi connectivity index (χ0n) is 17.4. The Kier molecular flexibility index (Phi) is 6.69. The van der Waals surface area contributed by atoms with E-state index in [1.807, 2.05) is 23.6 Å². The smallest absolute Gasteiger partial charge is 0.265 e. The van der Waals surface area contributed by atoms with E-state index in [2.05, 4.69) is 22.5 Å². The first kappa shape index (κ1) is 20.9. The van der Waals surface area contributed by atoms with Crippen molar-refractivity contribution in [3.8, 4) is 0 Å². The number of carbonyl (C=O) groups is 2. The van der Waals surface area contributed by atoms with Crippen molar-refractivity contribution in [1.29, 1.82) is 0 Å². The number of thiophene rings is 1. The van der Waals surface area contributed by atoms with E-state index in [4.69, 9.17) is 4.74 Å². The van der Waals surface area contributed by atoms with E-state index in [1.54, 1.807) is 12.1 Å². The highest BCUT2D eigenvalue weighted by Gasteiger charge is 2.23. The monoisotopic (exact) mass is 427 g/mol. The van der Waals surface area contributed by atoms with Gasteiger partial charge in [0.15, 0.2) is 0 Å². The highest BCUT2D eigenvalue weighted by Crippen LogP contribution is 2.29. The Labute approximate surface area is 181 Å². The summed E-state index contributed by atoms with van der Waals surface area (Å²) in [6.07, 6.45) is 4.35. The molecule has 0 spiro atoms. The van der Waals surface area contributed by atoms with Crippen molar-refractivity contribution in [2.24, 2.45) is 5.92 Å². The average Bonchev–Trinajstić information content (AvgIpc) is 3.47. The van der Waals surface area contributed by atoms with Gasteiger partial charge >= 0.3 is 0 Å². The molecule has 7 heteroatoms. The Morgan fingerprint density at radius 3 is 2.70 bits per heavy atom. The first-order chi connectivity index (χ1) is 14.6. The molecule has 160 valence electrons. The molecule has 1 aromatic carbocycles. The molecule has 2 amide bonds. The maximum absolute atomic E-state index is 13.1. The normalized spacial score (nSPS) is 19.6. The third-order valence-electron chi connectivity index (χ3n) is 5.88. The fourth-order valence-corrected chi connectivity index (χ4v) is 4.65. The molecule has 0 unspecified atom stereocenters. The van der Waals surface area contributed by atoms with Crippen molar-refractivity contribution in [1.82, 2.24) is 5.32 Å². The fraction of sp³-hybridized carbons (Fsp3) is 0.478. The summed E-state index contributed by atoms with van der Waals surface area (Å²) in [5, 5.41) is 7.83. The molecule has 30 heavy (non-hydrogen) atoms. The molecule has 2 saturated heterocycles. The third kappa shape index (κ3) is 5.02. The maximum Gasteiger partial charge on any atom is 0.265 e. The molecule has 2 fully saturated rings. The van der Waals surface area contributed by atoms with Crippen LogP contribution in [0.2, 0.25) is 0 Å². The second-order valence-corrected chi connectivity index (χ2v) is 9.13. The number of benzene rings is 1. The number of nitrogens with one attached hydrogen (secondary N) is 2. The number of carbonyl (C=O) groups excluding carboxylic acids is 2.